The molecule has 2 heterocycles. The number of rotatable bonds is 2. The molecule has 0 radical (unpaired) electrons. The lowest BCUT2D eigenvalue weighted by atomic mass is 10.2. The normalized spacial score (nSPS) is 12.7. The van der Waals surface area contributed by atoms with E-state index < -0.39 is 6.10 Å². The molecular weight excluding hydrogens is 180 g/mol. The molecule has 14 heavy (non-hydrogen) atoms. The van der Waals surface area contributed by atoms with E-state index in [4.69, 9.17) is 0 Å². The van der Waals surface area contributed by atoms with Crippen LogP contribution in [0.25, 0.3) is 0 Å². The van der Waals surface area contributed by atoms with Gasteiger partial charge in [-0.15, -0.1) is 0 Å². The van der Waals surface area contributed by atoms with Gasteiger partial charge in [-0.05, 0) is 0 Å². The van der Waals surface area contributed by atoms with Crippen molar-refractivity contribution in [3.8, 4) is 0 Å². The molecule has 1 unspecified atom stereocenters. The molecule has 0 aliphatic heterocycles. The fraction of sp³-hybridized carbons (Fsp3) is 0.222. The Labute approximate surface area is 81.1 Å². The van der Waals surface area contributed by atoms with Crippen LogP contribution in [-0.2, 0) is 7.05 Å². The van der Waals surface area contributed by atoms with Gasteiger partial charge in [0.25, 0.3) is 0 Å². The van der Waals surface area contributed by atoms with Crippen molar-refractivity contribution in [1.82, 2.24) is 19.5 Å². The van der Waals surface area contributed by atoms with E-state index in [1.54, 1.807) is 29.4 Å². The second-order valence-electron chi connectivity index (χ2n) is 2.97. The largest absolute Gasteiger partial charge is 0.380 e. The van der Waals surface area contributed by atoms with Crippen LogP contribution in [0.4, 0.5) is 0 Å². The number of aryl methyl sites for hydroxylation is 1. The summed E-state index contributed by atoms with van der Waals surface area (Å²) in [6.45, 7) is 0. The summed E-state index contributed by atoms with van der Waals surface area (Å²) in [6.07, 6.45) is 7.23. The molecule has 0 amide bonds. The van der Waals surface area contributed by atoms with Crippen LogP contribution in [0.5, 0.6) is 0 Å². The SMILES string of the molecule is Cn1ccnc1C(O)c1cncnc1. The van der Waals surface area contributed by atoms with Gasteiger partial charge < -0.3 is 9.67 Å². The van der Waals surface area contributed by atoms with Crippen molar-refractivity contribution in [1.29, 1.82) is 0 Å². The number of nitrogens with zero attached hydrogens (tertiary/aromatic N) is 4. The first-order valence-electron chi connectivity index (χ1n) is 4.19. The Balaban J connectivity index is 2.34. The molecule has 1 N–H and O–H groups in total. The first-order valence-corrected chi connectivity index (χ1v) is 4.19. The first kappa shape index (κ1) is 8.83. The van der Waals surface area contributed by atoms with Crippen LogP contribution in [0.3, 0.4) is 0 Å². The lowest BCUT2D eigenvalue weighted by Gasteiger charge is -2.09. The van der Waals surface area contributed by atoms with Crippen LogP contribution in [0.2, 0.25) is 0 Å². The van der Waals surface area contributed by atoms with Crippen LogP contribution < -0.4 is 0 Å². The molecule has 0 saturated carbocycles. The Hall–Kier alpha value is -1.75. The average molecular weight is 190 g/mol. The highest BCUT2D eigenvalue weighted by Gasteiger charge is 2.14. The van der Waals surface area contributed by atoms with Crippen LogP contribution in [0, 0.1) is 0 Å². The van der Waals surface area contributed by atoms with Gasteiger partial charge in [-0.1, -0.05) is 0 Å². The molecule has 0 bridgehead atoms. The summed E-state index contributed by atoms with van der Waals surface area (Å²) in [4.78, 5) is 11.7. The van der Waals surface area contributed by atoms with Gasteiger partial charge in [-0.2, -0.15) is 0 Å². The van der Waals surface area contributed by atoms with E-state index in [-0.39, 0.29) is 0 Å². The lowest BCUT2D eigenvalue weighted by Crippen LogP contribution is -2.07. The van der Waals surface area contributed by atoms with E-state index >= 15 is 0 Å². The molecule has 2 aromatic rings. The fourth-order valence-corrected chi connectivity index (χ4v) is 1.24. The smallest absolute Gasteiger partial charge is 0.142 e. The molecule has 0 spiro atoms. The van der Waals surface area contributed by atoms with Gasteiger partial charge in [0, 0.05) is 37.4 Å². The zero-order valence-electron chi connectivity index (χ0n) is 7.70. The standard InChI is InChI=1S/C9H10N4O/c1-13-3-2-12-9(13)8(14)7-4-10-6-11-5-7/h2-6,8,14H,1H3. The highest BCUT2D eigenvalue weighted by atomic mass is 16.3. The minimum atomic E-state index is -0.767. The third-order valence-corrected chi connectivity index (χ3v) is 2.00. The maximum absolute atomic E-state index is 9.90. The van der Waals surface area contributed by atoms with Crippen molar-refractivity contribution in [3.05, 3.63) is 42.5 Å². The molecule has 0 aromatic carbocycles. The van der Waals surface area contributed by atoms with E-state index in [1.807, 2.05) is 7.05 Å². The van der Waals surface area contributed by atoms with Crippen molar-refractivity contribution in [3.63, 3.8) is 0 Å². The number of hydrogen-bond acceptors (Lipinski definition) is 4. The van der Waals surface area contributed by atoms with Gasteiger partial charge in [-0.3, -0.25) is 0 Å². The molecule has 1 atom stereocenters. The maximum atomic E-state index is 9.90. The third-order valence-electron chi connectivity index (χ3n) is 2.00. The fourth-order valence-electron chi connectivity index (χ4n) is 1.24. The molecule has 5 heteroatoms. The monoisotopic (exact) mass is 190 g/mol. The quantitative estimate of drug-likeness (QED) is 0.739. The Morgan fingerprint density at radius 3 is 2.64 bits per heavy atom. The van der Waals surface area contributed by atoms with Crippen molar-refractivity contribution >= 4 is 0 Å². The van der Waals surface area contributed by atoms with Gasteiger partial charge in [0.2, 0.25) is 0 Å². The molecule has 0 aliphatic carbocycles. The Morgan fingerprint density at radius 2 is 2.07 bits per heavy atom. The number of aromatic nitrogens is 4. The van der Waals surface area contributed by atoms with Crippen LogP contribution in [0.15, 0.2) is 31.1 Å². The second kappa shape index (κ2) is 3.55. The Kier molecular flexibility index (Phi) is 2.24. The van der Waals surface area contributed by atoms with Crippen LogP contribution in [-0.4, -0.2) is 24.6 Å². The summed E-state index contributed by atoms with van der Waals surface area (Å²) in [7, 11) is 1.83. The first-order chi connectivity index (χ1) is 6.79. The summed E-state index contributed by atoms with van der Waals surface area (Å²) in [6, 6.07) is 0. The van der Waals surface area contributed by atoms with Gasteiger partial charge in [0.1, 0.15) is 18.3 Å². The van der Waals surface area contributed by atoms with E-state index in [0.717, 1.165) is 0 Å². The van der Waals surface area contributed by atoms with Crippen molar-refractivity contribution in [2.24, 2.45) is 7.05 Å². The molecule has 2 rings (SSSR count). The number of aliphatic hydroxyl groups excluding tert-OH is 1. The molecule has 0 fully saturated rings. The van der Waals surface area contributed by atoms with Crippen molar-refractivity contribution < 1.29 is 5.11 Å². The second-order valence-corrected chi connectivity index (χ2v) is 2.97. The van der Waals surface area contributed by atoms with Gasteiger partial charge in [0.15, 0.2) is 0 Å². The zero-order chi connectivity index (χ0) is 9.97. The van der Waals surface area contributed by atoms with Crippen LogP contribution >= 0.6 is 0 Å². The molecule has 5 nitrogen and oxygen atoms in total. The predicted octanol–water partition coefficient (Wildman–Crippen LogP) is 0.292. The molecular formula is C9H10N4O. The Morgan fingerprint density at radius 1 is 1.36 bits per heavy atom. The van der Waals surface area contributed by atoms with Crippen LogP contribution in [0.1, 0.15) is 17.5 Å². The van der Waals surface area contributed by atoms with E-state index in [1.165, 1.54) is 6.33 Å². The third kappa shape index (κ3) is 1.49. The van der Waals surface area contributed by atoms with Crippen molar-refractivity contribution in [2.45, 2.75) is 6.10 Å². The topological polar surface area (TPSA) is 63.8 Å². The van der Waals surface area contributed by atoms with Gasteiger partial charge >= 0.3 is 0 Å². The summed E-state index contributed by atoms with van der Waals surface area (Å²) in [5, 5.41) is 9.90. The summed E-state index contributed by atoms with van der Waals surface area (Å²) in [5.41, 5.74) is 0.641. The van der Waals surface area contributed by atoms with E-state index in [0.29, 0.717) is 11.4 Å². The summed E-state index contributed by atoms with van der Waals surface area (Å²) in [5.74, 6) is 0.583. The van der Waals surface area contributed by atoms with Gasteiger partial charge in [0.05, 0.1) is 0 Å². The molecule has 0 saturated heterocycles. The highest BCUT2D eigenvalue weighted by Crippen LogP contribution is 2.17. The predicted molar refractivity (Wildman–Crippen MR) is 49.3 cm³/mol. The maximum Gasteiger partial charge on any atom is 0.142 e. The molecule has 0 aliphatic rings. The minimum Gasteiger partial charge on any atom is -0.380 e. The Bertz CT molecular complexity index is 412. The average Bonchev–Trinajstić information content (AvgIpc) is 2.65. The number of aliphatic hydroxyl groups is 1. The molecule has 2 aromatic heterocycles. The lowest BCUT2D eigenvalue weighted by molar-refractivity contribution is 0.205. The number of imidazole rings is 1. The van der Waals surface area contributed by atoms with Gasteiger partial charge in [-0.25, -0.2) is 15.0 Å². The van der Waals surface area contributed by atoms with E-state index in [9.17, 15) is 5.11 Å². The summed E-state index contributed by atoms with van der Waals surface area (Å²) < 4.78 is 1.76. The molecule has 72 valence electrons. The number of hydrogen-bond donors (Lipinski definition) is 1. The van der Waals surface area contributed by atoms with Crippen molar-refractivity contribution in [2.75, 3.05) is 0 Å². The minimum absolute atomic E-state index is 0.583. The summed E-state index contributed by atoms with van der Waals surface area (Å²) >= 11 is 0. The zero-order valence-corrected chi connectivity index (χ0v) is 7.70. The highest BCUT2D eigenvalue weighted by molar-refractivity contribution is 5.16. The van der Waals surface area contributed by atoms with E-state index in [2.05, 4.69) is 15.0 Å².